The number of aliphatic imine (C=N–C) groups is 2. The van der Waals surface area contributed by atoms with Gasteiger partial charge in [-0.1, -0.05) is 27.7 Å². The third-order valence-electron chi connectivity index (χ3n) is 4.07. The summed E-state index contributed by atoms with van der Waals surface area (Å²) in [6.07, 6.45) is 6.89. The normalized spacial score (nSPS) is 26.7. The molecular weight excluding hydrogens is 248 g/mol. The van der Waals surface area contributed by atoms with Crippen LogP contribution in [0.4, 0.5) is 0 Å². The molecular formula is C16H32N4. The molecule has 0 fully saturated rings. The average molecular weight is 280 g/mol. The zero-order valence-electron chi connectivity index (χ0n) is 13.6. The van der Waals surface area contributed by atoms with Gasteiger partial charge in [0.2, 0.25) is 0 Å². The van der Waals surface area contributed by atoms with Crippen LogP contribution in [0.3, 0.4) is 0 Å². The Morgan fingerprint density at radius 2 is 1.15 bits per heavy atom. The topological polar surface area (TPSA) is 76.8 Å². The lowest BCUT2D eigenvalue weighted by Gasteiger charge is -2.21. The highest BCUT2D eigenvalue weighted by Crippen LogP contribution is 2.19. The predicted molar refractivity (Wildman–Crippen MR) is 88.2 cm³/mol. The molecule has 4 nitrogen and oxygen atoms in total. The molecule has 2 aliphatic heterocycles. The predicted octanol–water partition coefficient (Wildman–Crippen LogP) is 3.10. The van der Waals surface area contributed by atoms with E-state index in [-0.39, 0.29) is 0 Å². The summed E-state index contributed by atoms with van der Waals surface area (Å²) < 4.78 is 0. The standard InChI is InChI=1S/2C8H16N2/c2*1-6(2)7-4-3-5-8(9)10-7/h2*6-7H,3-5H2,1-2H3,(H2,9,10). The third-order valence-corrected chi connectivity index (χ3v) is 4.07. The number of hydrogen-bond acceptors (Lipinski definition) is 4. The minimum Gasteiger partial charge on any atom is -0.387 e. The first kappa shape index (κ1) is 17.0. The Morgan fingerprint density at radius 3 is 1.35 bits per heavy atom. The molecule has 0 aromatic heterocycles. The van der Waals surface area contributed by atoms with Crippen LogP contribution in [0.15, 0.2) is 9.98 Å². The van der Waals surface area contributed by atoms with Gasteiger partial charge in [-0.2, -0.15) is 0 Å². The fourth-order valence-electron chi connectivity index (χ4n) is 2.63. The Morgan fingerprint density at radius 1 is 0.800 bits per heavy atom. The first-order valence-corrected chi connectivity index (χ1v) is 8.04. The highest BCUT2D eigenvalue weighted by molar-refractivity contribution is 5.81. The summed E-state index contributed by atoms with van der Waals surface area (Å²) in [5, 5.41) is 0. The molecule has 4 N–H and O–H groups in total. The summed E-state index contributed by atoms with van der Waals surface area (Å²) >= 11 is 0. The largest absolute Gasteiger partial charge is 0.387 e. The molecule has 0 radical (unpaired) electrons. The number of rotatable bonds is 2. The van der Waals surface area contributed by atoms with Crippen molar-refractivity contribution in [2.24, 2.45) is 33.3 Å². The average Bonchev–Trinajstić information content (AvgIpc) is 2.39. The van der Waals surface area contributed by atoms with Crippen molar-refractivity contribution in [2.45, 2.75) is 78.3 Å². The Labute approximate surface area is 124 Å². The van der Waals surface area contributed by atoms with Gasteiger partial charge in [0.1, 0.15) is 0 Å². The summed E-state index contributed by atoms with van der Waals surface area (Å²) in [6, 6.07) is 0.988. The Balaban J connectivity index is 0.000000200. The van der Waals surface area contributed by atoms with Gasteiger partial charge in [0.05, 0.1) is 23.8 Å². The molecule has 2 unspecified atom stereocenters. The molecule has 0 aromatic carbocycles. The van der Waals surface area contributed by atoms with E-state index in [2.05, 4.69) is 37.7 Å². The van der Waals surface area contributed by atoms with Crippen LogP contribution in [0.1, 0.15) is 66.2 Å². The quantitative estimate of drug-likeness (QED) is 0.815. The molecule has 2 atom stereocenters. The smallest absolute Gasteiger partial charge is 0.0940 e. The maximum atomic E-state index is 5.61. The maximum absolute atomic E-state index is 5.61. The van der Waals surface area contributed by atoms with E-state index in [0.29, 0.717) is 23.9 Å². The summed E-state index contributed by atoms with van der Waals surface area (Å²) in [5.41, 5.74) is 11.2. The molecule has 0 aliphatic carbocycles. The zero-order chi connectivity index (χ0) is 15.1. The van der Waals surface area contributed by atoms with E-state index in [1.165, 1.54) is 25.7 Å². The highest BCUT2D eigenvalue weighted by Gasteiger charge is 2.16. The molecule has 4 heteroatoms. The van der Waals surface area contributed by atoms with E-state index < -0.39 is 0 Å². The van der Waals surface area contributed by atoms with Gasteiger partial charge < -0.3 is 11.5 Å². The summed E-state index contributed by atoms with van der Waals surface area (Å²) in [7, 11) is 0. The second-order valence-electron chi connectivity index (χ2n) is 6.65. The number of hydrogen-bond donors (Lipinski definition) is 2. The van der Waals surface area contributed by atoms with Gasteiger partial charge in [-0.3, -0.25) is 9.98 Å². The maximum Gasteiger partial charge on any atom is 0.0940 e. The van der Waals surface area contributed by atoms with E-state index in [0.717, 1.165) is 24.5 Å². The van der Waals surface area contributed by atoms with Crippen LogP contribution in [0.5, 0.6) is 0 Å². The lowest BCUT2D eigenvalue weighted by Crippen LogP contribution is -2.25. The third kappa shape index (κ3) is 5.93. The van der Waals surface area contributed by atoms with E-state index >= 15 is 0 Å². The molecule has 116 valence electrons. The first-order chi connectivity index (χ1) is 9.40. The lowest BCUT2D eigenvalue weighted by molar-refractivity contribution is 0.443. The number of nitrogens with two attached hydrogens (primary N) is 2. The first-order valence-electron chi connectivity index (χ1n) is 8.04. The molecule has 0 aromatic rings. The summed E-state index contributed by atoms with van der Waals surface area (Å²) in [5.74, 6) is 3.01. The van der Waals surface area contributed by atoms with Crippen molar-refractivity contribution < 1.29 is 0 Å². The molecule has 0 saturated carbocycles. The van der Waals surface area contributed by atoms with Crippen molar-refractivity contribution in [3.05, 3.63) is 0 Å². The van der Waals surface area contributed by atoms with E-state index in [1.807, 2.05) is 0 Å². The van der Waals surface area contributed by atoms with Gasteiger partial charge in [-0.05, 0) is 37.5 Å². The van der Waals surface area contributed by atoms with Gasteiger partial charge in [-0.15, -0.1) is 0 Å². The Bertz CT molecular complexity index is 310. The molecule has 0 spiro atoms. The molecule has 20 heavy (non-hydrogen) atoms. The van der Waals surface area contributed by atoms with E-state index in [9.17, 15) is 0 Å². The van der Waals surface area contributed by atoms with Crippen molar-refractivity contribution >= 4 is 11.7 Å². The summed E-state index contributed by atoms with van der Waals surface area (Å²) in [6.45, 7) is 8.80. The van der Waals surface area contributed by atoms with Crippen molar-refractivity contribution in [1.29, 1.82) is 0 Å². The van der Waals surface area contributed by atoms with Gasteiger partial charge >= 0.3 is 0 Å². The number of amidine groups is 2. The van der Waals surface area contributed by atoms with Gasteiger partial charge in [0.15, 0.2) is 0 Å². The van der Waals surface area contributed by atoms with Crippen LogP contribution in [-0.2, 0) is 0 Å². The zero-order valence-corrected chi connectivity index (χ0v) is 13.6. The summed E-state index contributed by atoms with van der Waals surface area (Å²) in [4.78, 5) is 8.75. The fourth-order valence-corrected chi connectivity index (χ4v) is 2.63. The van der Waals surface area contributed by atoms with Gasteiger partial charge in [0, 0.05) is 12.8 Å². The SMILES string of the molecule is CC(C)C1CCCC(N)=N1.CC(C)C1CCCC(N)=N1. The fraction of sp³-hybridized carbons (Fsp3) is 0.875. The van der Waals surface area contributed by atoms with Crippen LogP contribution >= 0.6 is 0 Å². The van der Waals surface area contributed by atoms with Crippen molar-refractivity contribution in [1.82, 2.24) is 0 Å². The number of nitrogens with zero attached hydrogens (tertiary/aromatic N) is 2. The van der Waals surface area contributed by atoms with Crippen molar-refractivity contribution in [3.63, 3.8) is 0 Å². The molecule has 2 heterocycles. The van der Waals surface area contributed by atoms with Crippen LogP contribution in [0, 0.1) is 11.8 Å². The van der Waals surface area contributed by atoms with Crippen LogP contribution in [0.2, 0.25) is 0 Å². The van der Waals surface area contributed by atoms with Crippen LogP contribution in [0.25, 0.3) is 0 Å². The second kappa shape index (κ2) is 8.28. The highest BCUT2D eigenvalue weighted by atomic mass is 14.9. The Hall–Kier alpha value is -1.06. The van der Waals surface area contributed by atoms with Crippen molar-refractivity contribution in [3.8, 4) is 0 Å². The molecule has 0 saturated heterocycles. The lowest BCUT2D eigenvalue weighted by atomic mass is 9.96. The molecule has 0 amide bonds. The minimum absolute atomic E-state index is 0.494. The second-order valence-corrected chi connectivity index (χ2v) is 6.65. The van der Waals surface area contributed by atoms with Gasteiger partial charge in [0.25, 0.3) is 0 Å². The molecule has 2 aliphatic rings. The van der Waals surface area contributed by atoms with Crippen molar-refractivity contribution in [2.75, 3.05) is 0 Å². The Kier molecular flexibility index (Phi) is 7.03. The van der Waals surface area contributed by atoms with Crippen LogP contribution in [-0.4, -0.2) is 23.8 Å². The van der Waals surface area contributed by atoms with E-state index in [4.69, 9.17) is 11.5 Å². The van der Waals surface area contributed by atoms with E-state index in [1.54, 1.807) is 0 Å². The molecule has 0 bridgehead atoms. The van der Waals surface area contributed by atoms with Crippen LogP contribution < -0.4 is 11.5 Å². The monoisotopic (exact) mass is 280 g/mol. The van der Waals surface area contributed by atoms with Gasteiger partial charge in [-0.25, -0.2) is 0 Å². The molecule has 2 rings (SSSR count). The minimum atomic E-state index is 0.494.